The third kappa shape index (κ3) is 13.7. The third-order valence-electron chi connectivity index (χ3n) is 6.89. The van der Waals surface area contributed by atoms with Crippen LogP contribution in [0.2, 0.25) is 5.28 Å². The van der Waals surface area contributed by atoms with Crippen molar-refractivity contribution in [3.8, 4) is 11.5 Å². The number of hydrogen-bond donors (Lipinski definition) is 3. The minimum atomic E-state index is -5.40. The van der Waals surface area contributed by atoms with Gasteiger partial charge in [0.2, 0.25) is 17.2 Å². The Hall–Kier alpha value is -2.12. The van der Waals surface area contributed by atoms with Crippen LogP contribution in [0.15, 0.2) is 91.6 Å². The number of methoxy groups -OCH3 is 1. The first-order valence-electron chi connectivity index (χ1n) is 14.3. The van der Waals surface area contributed by atoms with E-state index in [1.54, 1.807) is 0 Å². The van der Waals surface area contributed by atoms with Crippen molar-refractivity contribution < 1.29 is 150 Å². The van der Waals surface area contributed by atoms with Gasteiger partial charge in [0.1, 0.15) is 31.7 Å². The molecule has 1 heterocycles. The second-order valence-corrected chi connectivity index (χ2v) is 16.8. The summed E-state index contributed by atoms with van der Waals surface area (Å²) >= 11 is 6.07. The SMILES string of the molecule is COc1ccc(N=Nc2c(S(=O)(=O)[O-])cc3cc(Nc4nc(Cl)nc(Nc5cccc(S(=O)(=O)CCOS(=O)(=O)O)c5)n4)ccc3c2[O-])c(S(=O)(=O)[O-])c1.[Na+].[Na+].[Na+]. The van der Waals surface area contributed by atoms with Gasteiger partial charge in [-0.3, -0.25) is 4.55 Å². The molecule has 0 radical (unpaired) electrons. The van der Waals surface area contributed by atoms with Crippen molar-refractivity contribution in [3.63, 3.8) is 0 Å². The first-order valence-corrected chi connectivity index (χ1v) is 20.5. The van der Waals surface area contributed by atoms with Gasteiger partial charge in [0.25, 0.3) is 0 Å². The first kappa shape index (κ1) is 51.0. The van der Waals surface area contributed by atoms with Gasteiger partial charge in [0.15, 0.2) is 9.84 Å². The van der Waals surface area contributed by atoms with Crippen LogP contribution in [0.1, 0.15) is 0 Å². The van der Waals surface area contributed by atoms with Gasteiger partial charge in [-0.2, -0.15) is 23.4 Å². The molecule has 286 valence electrons. The Bertz CT molecular complexity index is 2790. The third-order valence-corrected chi connectivity index (χ3v) is 10.9. The van der Waals surface area contributed by atoms with Crippen LogP contribution in [0.3, 0.4) is 0 Å². The molecule has 0 spiro atoms. The Morgan fingerprint density at radius 3 is 1.96 bits per heavy atom. The number of sulfone groups is 1. The minimum Gasteiger partial charge on any atom is -0.871 e. The summed E-state index contributed by atoms with van der Waals surface area (Å²) in [5.41, 5.74) is -1.23. The number of benzene rings is 4. The molecule has 5 aromatic rings. The Balaban J connectivity index is 0.00000374. The molecule has 0 atom stereocenters. The van der Waals surface area contributed by atoms with Crippen LogP contribution in [-0.2, 0) is 44.7 Å². The molecule has 1 aromatic heterocycles. The number of ether oxygens (including phenoxy) is 1. The van der Waals surface area contributed by atoms with Crippen LogP contribution >= 0.6 is 11.6 Å². The summed E-state index contributed by atoms with van der Waals surface area (Å²) in [5.74, 6) is -2.28. The van der Waals surface area contributed by atoms with Gasteiger partial charge in [-0.1, -0.05) is 17.9 Å². The van der Waals surface area contributed by atoms with Crippen molar-refractivity contribution in [1.82, 2.24) is 15.0 Å². The molecule has 0 bridgehead atoms. The standard InChI is InChI=1S/C28H24ClN7O14S4.3Na/c1-49-18-6-8-21(22(14-18)52(40,41)42)35-36-24-23(53(43,44)45)12-15-11-17(5-7-20(15)25(24)37)31-28-33-26(29)32-27(34-28)30-16-3-2-4-19(13-16)51(38,39)10-9-50-54(46,47)48;;;/h2-8,11-14,37H,9-10H2,1H3,(H,40,41,42)(H,43,44,45)(H,46,47,48)(H2,30,31,32,33,34);;;/q;3*+1/p-3. The van der Waals surface area contributed by atoms with Gasteiger partial charge in [-0.05, 0) is 77.0 Å². The predicted molar refractivity (Wildman–Crippen MR) is 184 cm³/mol. The zero-order valence-corrected chi connectivity index (χ0v) is 39.8. The predicted octanol–water partition coefficient (Wildman–Crippen LogP) is -5.92. The molecule has 0 amide bonds. The molecule has 57 heavy (non-hydrogen) atoms. The molecule has 0 fully saturated rings. The van der Waals surface area contributed by atoms with Gasteiger partial charge in [-0.15, -0.1) is 10.2 Å². The van der Waals surface area contributed by atoms with Crippen molar-refractivity contribution >= 4 is 97.5 Å². The number of rotatable bonds is 14. The maximum atomic E-state index is 13.4. The van der Waals surface area contributed by atoms with Crippen LogP contribution < -0.4 is 109 Å². The summed E-state index contributed by atoms with van der Waals surface area (Å²) in [6.07, 6.45) is 0. The van der Waals surface area contributed by atoms with Crippen molar-refractivity contribution in [1.29, 1.82) is 0 Å². The minimum absolute atomic E-state index is 0. The van der Waals surface area contributed by atoms with E-state index in [0.717, 1.165) is 18.2 Å². The molecule has 0 aliphatic heterocycles. The Labute approximate surface area is 396 Å². The van der Waals surface area contributed by atoms with Gasteiger partial charge in [0, 0.05) is 11.4 Å². The van der Waals surface area contributed by atoms with Crippen LogP contribution in [0, 0.1) is 0 Å². The molecule has 3 N–H and O–H groups in total. The number of azo groups is 1. The number of anilines is 4. The Morgan fingerprint density at radius 2 is 1.39 bits per heavy atom. The zero-order chi connectivity index (χ0) is 39.6. The molecule has 0 aliphatic rings. The smallest absolute Gasteiger partial charge is 0.871 e. The second kappa shape index (κ2) is 20.4. The number of nitrogens with one attached hydrogen (secondary N) is 2. The maximum absolute atomic E-state index is 13.4. The maximum Gasteiger partial charge on any atom is 1.00 e. The van der Waals surface area contributed by atoms with E-state index in [1.165, 1.54) is 55.6 Å². The molecular weight excluding hydrogens is 891 g/mol. The summed E-state index contributed by atoms with van der Waals surface area (Å²) in [5, 5.41) is 25.5. The second-order valence-electron chi connectivity index (χ2n) is 10.5. The van der Waals surface area contributed by atoms with Crippen LogP contribution in [0.4, 0.5) is 34.6 Å². The number of aromatic nitrogens is 3. The van der Waals surface area contributed by atoms with E-state index in [9.17, 15) is 47.9 Å². The normalized spacial score (nSPS) is 11.9. The number of fused-ring (bicyclic) bond motifs is 1. The largest absolute Gasteiger partial charge is 1.00 e. The van der Waals surface area contributed by atoms with Crippen LogP contribution in [0.25, 0.3) is 10.8 Å². The number of nitrogens with zero attached hydrogens (tertiary/aromatic N) is 5. The summed E-state index contributed by atoms with van der Waals surface area (Å²) in [6.45, 7) is -0.842. The van der Waals surface area contributed by atoms with E-state index >= 15 is 0 Å². The molecular formula is C28H21ClN7Na3O14S4. The average molecular weight is 912 g/mol. The summed E-state index contributed by atoms with van der Waals surface area (Å²) in [6, 6.07) is 13.0. The van der Waals surface area contributed by atoms with Crippen molar-refractivity contribution in [3.05, 3.63) is 72.0 Å². The average Bonchev–Trinajstić information content (AvgIpc) is 3.06. The van der Waals surface area contributed by atoms with Crippen molar-refractivity contribution in [2.45, 2.75) is 14.7 Å². The molecule has 5 rings (SSSR count). The monoisotopic (exact) mass is 911 g/mol. The van der Waals surface area contributed by atoms with Gasteiger partial charge in [-0.25, -0.2) is 29.4 Å². The molecule has 21 nitrogen and oxygen atoms in total. The number of halogens is 1. The quantitative estimate of drug-likeness (QED) is 0.0530. The molecule has 0 aliphatic carbocycles. The Morgan fingerprint density at radius 1 is 0.772 bits per heavy atom. The summed E-state index contributed by atoms with van der Waals surface area (Å²) in [4.78, 5) is 9.78. The zero-order valence-electron chi connectivity index (χ0n) is 29.8. The van der Waals surface area contributed by atoms with E-state index in [-0.39, 0.29) is 139 Å². The molecule has 0 saturated heterocycles. The summed E-state index contributed by atoms with van der Waals surface area (Å²) in [7, 11) is -18.3. The van der Waals surface area contributed by atoms with E-state index in [4.69, 9.17) is 20.9 Å². The fraction of sp³-hybridized carbons (Fsp3) is 0.107. The Kier molecular flexibility index (Phi) is 18.3. The molecule has 0 unspecified atom stereocenters. The van der Waals surface area contributed by atoms with Crippen LogP contribution in [-0.4, -0.2) is 81.8 Å². The molecule has 0 saturated carbocycles. The van der Waals surface area contributed by atoms with E-state index in [0.29, 0.717) is 0 Å². The fourth-order valence-corrected chi connectivity index (χ4v) is 7.52. The van der Waals surface area contributed by atoms with E-state index < -0.39 is 79.7 Å². The van der Waals surface area contributed by atoms with Crippen molar-refractivity contribution in [2.75, 3.05) is 30.1 Å². The van der Waals surface area contributed by atoms with E-state index in [2.05, 4.69) is 40.0 Å². The fourth-order valence-electron chi connectivity index (χ4n) is 4.56. The first-order chi connectivity index (χ1) is 25.1. The van der Waals surface area contributed by atoms with Crippen LogP contribution in [0.5, 0.6) is 11.5 Å². The number of hydrogen-bond acceptors (Lipinski definition) is 20. The summed E-state index contributed by atoms with van der Waals surface area (Å²) < 4.78 is 136. The van der Waals surface area contributed by atoms with Gasteiger partial charge in [0.05, 0.1) is 39.8 Å². The molecule has 4 aromatic carbocycles. The van der Waals surface area contributed by atoms with E-state index in [1.807, 2.05) is 0 Å². The molecule has 29 heteroatoms. The van der Waals surface area contributed by atoms with Gasteiger partial charge < -0.3 is 29.6 Å². The van der Waals surface area contributed by atoms with Gasteiger partial charge >= 0.3 is 99.1 Å². The van der Waals surface area contributed by atoms with Crippen molar-refractivity contribution in [2.24, 2.45) is 10.2 Å². The topological polar surface area (TPSA) is 332 Å².